The molecular formula is C13H17BrClF. The molecule has 0 amide bonds. The van der Waals surface area contributed by atoms with Gasteiger partial charge >= 0.3 is 0 Å². The molecule has 1 aromatic carbocycles. The minimum Gasteiger partial charge on any atom is -0.207 e. The molecular weight excluding hydrogens is 290 g/mol. The number of alkyl halides is 1. The van der Waals surface area contributed by atoms with E-state index in [1.165, 1.54) is 12.1 Å². The van der Waals surface area contributed by atoms with E-state index in [4.69, 9.17) is 11.6 Å². The van der Waals surface area contributed by atoms with E-state index in [1.54, 1.807) is 6.07 Å². The highest BCUT2D eigenvalue weighted by molar-refractivity contribution is 9.09. The van der Waals surface area contributed by atoms with Gasteiger partial charge in [0, 0.05) is 9.85 Å². The minimum atomic E-state index is -0.220. The Balaban J connectivity index is 2.82. The normalized spacial score (nSPS) is 13.9. The van der Waals surface area contributed by atoms with Crippen LogP contribution in [0.15, 0.2) is 18.2 Å². The fourth-order valence-electron chi connectivity index (χ4n) is 2.03. The molecule has 0 heterocycles. The Hall–Kier alpha value is -0.0800. The molecule has 1 unspecified atom stereocenters. The lowest BCUT2D eigenvalue weighted by atomic mass is 9.82. The van der Waals surface area contributed by atoms with E-state index < -0.39 is 0 Å². The average Bonchev–Trinajstić information content (AvgIpc) is 2.08. The first-order chi connectivity index (χ1) is 7.30. The van der Waals surface area contributed by atoms with Gasteiger partial charge in [0.25, 0.3) is 0 Å². The molecule has 0 spiro atoms. The van der Waals surface area contributed by atoms with Crippen molar-refractivity contribution in [2.45, 2.75) is 38.4 Å². The summed E-state index contributed by atoms with van der Waals surface area (Å²) in [5.74, 6) is -0.220. The highest BCUT2D eigenvalue weighted by Crippen LogP contribution is 2.32. The number of benzene rings is 1. The second kappa shape index (κ2) is 5.50. The molecule has 0 bridgehead atoms. The summed E-state index contributed by atoms with van der Waals surface area (Å²) in [4.78, 5) is 0.454. The van der Waals surface area contributed by atoms with Crippen molar-refractivity contribution in [3.63, 3.8) is 0 Å². The third kappa shape index (κ3) is 4.42. The molecule has 90 valence electrons. The van der Waals surface area contributed by atoms with Crippen molar-refractivity contribution in [2.24, 2.45) is 5.41 Å². The summed E-state index contributed by atoms with van der Waals surface area (Å²) in [7, 11) is 0. The number of hydrogen-bond donors (Lipinski definition) is 0. The third-order valence-corrected chi connectivity index (χ3v) is 3.20. The Morgan fingerprint density at radius 3 is 2.62 bits per heavy atom. The van der Waals surface area contributed by atoms with Crippen LogP contribution in [-0.2, 0) is 6.42 Å². The molecule has 0 aromatic heterocycles. The van der Waals surface area contributed by atoms with Crippen LogP contribution >= 0.6 is 27.5 Å². The molecule has 0 radical (unpaired) electrons. The molecule has 1 rings (SSSR count). The lowest BCUT2D eigenvalue weighted by Crippen LogP contribution is -2.19. The summed E-state index contributed by atoms with van der Waals surface area (Å²) in [6, 6.07) is 4.55. The van der Waals surface area contributed by atoms with Crippen molar-refractivity contribution in [1.82, 2.24) is 0 Å². The lowest BCUT2D eigenvalue weighted by molar-refractivity contribution is 0.334. The number of halogens is 3. The first kappa shape index (κ1) is 14.0. The molecule has 0 fully saturated rings. The van der Waals surface area contributed by atoms with Gasteiger partial charge in [-0.05, 0) is 42.0 Å². The van der Waals surface area contributed by atoms with Crippen LogP contribution < -0.4 is 0 Å². The van der Waals surface area contributed by atoms with Gasteiger partial charge in [-0.3, -0.25) is 0 Å². The Bertz CT molecular complexity index is 361. The lowest BCUT2D eigenvalue weighted by Gasteiger charge is -2.26. The second-order valence-electron chi connectivity index (χ2n) is 5.06. The maximum atomic E-state index is 13.1. The quantitative estimate of drug-likeness (QED) is 0.669. The van der Waals surface area contributed by atoms with Gasteiger partial charge in [-0.1, -0.05) is 48.3 Å². The van der Waals surface area contributed by atoms with E-state index in [-0.39, 0.29) is 11.2 Å². The van der Waals surface area contributed by atoms with Crippen LogP contribution in [0.5, 0.6) is 0 Å². The molecule has 0 aliphatic heterocycles. The fraction of sp³-hybridized carbons (Fsp3) is 0.538. The molecule has 0 saturated heterocycles. The van der Waals surface area contributed by atoms with Crippen LogP contribution in [0, 0.1) is 11.2 Å². The summed E-state index contributed by atoms with van der Waals surface area (Å²) in [5.41, 5.74) is 1.00. The van der Waals surface area contributed by atoms with Crippen molar-refractivity contribution < 1.29 is 4.39 Å². The van der Waals surface area contributed by atoms with E-state index in [1.807, 2.05) is 0 Å². The summed E-state index contributed by atoms with van der Waals surface area (Å²) in [5, 5.41) is 0.650. The Morgan fingerprint density at radius 2 is 2.06 bits per heavy atom. The van der Waals surface area contributed by atoms with Gasteiger partial charge in [-0.15, -0.1) is 0 Å². The van der Waals surface area contributed by atoms with Gasteiger partial charge in [0.05, 0.1) is 0 Å². The van der Waals surface area contributed by atoms with E-state index in [0.717, 1.165) is 18.4 Å². The highest BCUT2D eigenvalue weighted by Gasteiger charge is 2.22. The van der Waals surface area contributed by atoms with Crippen LogP contribution in [-0.4, -0.2) is 4.83 Å². The first-order valence-electron chi connectivity index (χ1n) is 5.38. The Labute approximate surface area is 110 Å². The summed E-state index contributed by atoms with van der Waals surface area (Å²) in [6.07, 6.45) is 1.82. The van der Waals surface area contributed by atoms with E-state index in [0.29, 0.717) is 9.85 Å². The molecule has 16 heavy (non-hydrogen) atoms. The molecule has 1 atom stereocenters. The van der Waals surface area contributed by atoms with Crippen LogP contribution in [0.2, 0.25) is 5.02 Å². The highest BCUT2D eigenvalue weighted by atomic mass is 79.9. The van der Waals surface area contributed by atoms with E-state index in [9.17, 15) is 4.39 Å². The molecule has 0 saturated carbocycles. The molecule has 0 N–H and O–H groups in total. The molecule has 0 aliphatic rings. The first-order valence-corrected chi connectivity index (χ1v) is 6.67. The van der Waals surface area contributed by atoms with Gasteiger partial charge in [0.1, 0.15) is 5.82 Å². The van der Waals surface area contributed by atoms with Crippen LogP contribution in [0.3, 0.4) is 0 Å². The fourth-order valence-corrected chi connectivity index (χ4v) is 3.09. The van der Waals surface area contributed by atoms with Crippen molar-refractivity contribution in [3.8, 4) is 0 Å². The zero-order valence-electron chi connectivity index (χ0n) is 9.86. The topological polar surface area (TPSA) is 0 Å². The van der Waals surface area contributed by atoms with Gasteiger partial charge in [-0.25, -0.2) is 4.39 Å². The summed E-state index contributed by atoms with van der Waals surface area (Å²) in [6.45, 7) is 6.47. The summed E-state index contributed by atoms with van der Waals surface area (Å²) < 4.78 is 13.1. The van der Waals surface area contributed by atoms with Crippen molar-refractivity contribution >= 4 is 27.5 Å². The molecule has 0 nitrogen and oxygen atoms in total. The van der Waals surface area contributed by atoms with Gasteiger partial charge < -0.3 is 0 Å². The zero-order chi connectivity index (χ0) is 12.3. The standard InChI is InChI=1S/C13H17BrClF/c1-9(14)7-13(2,3)8-10-6-11(16)4-5-12(10)15/h4-6,9H,7-8H2,1-3H3. The third-order valence-electron chi connectivity index (χ3n) is 2.51. The molecule has 0 aliphatic carbocycles. The van der Waals surface area contributed by atoms with Crippen LogP contribution in [0.1, 0.15) is 32.8 Å². The Morgan fingerprint density at radius 1 is 1.44 bits per heavy atom. The summed E-state index contributed by atoms with van der Waals surface area (Å²) >= 11 is 9.61. The van der Waals surface area contributed by atoms with Crippen molar-refractivity contribution in [1.29, 1.82) is 0 Å². The second-order valence-corrected chi connectivity index (χ2v) is 7.03. The number of rotatable bonds is 4. The average molecular weight is 308 g/mol. The van der Waals surface area contributed by atoms with Gasteiger partial charge in [0.2, 0.25) is 0 Å². The minimum absolute atomic E-state index is 0.111. The predicted octanol–water partition coefficient (Wildman–Crippen LogP) is 5.22. The van der Waals surface area contributed by atoms with Gasteiger partial charge in [0.15, 0.2) is 0 Å². The van der Waals surface area contributed by atoms with Gasteiger partial charge in [-0.2, -0.15) is 0 Å². The maximum absolute atomic E-state index is 13.1. The monoisotopic (exact) mass is 306 g/mol. The van der Waals surface area contributed by atoms with Crippen molar-refractivity contribution in [3.05, 3.63) is 34.6 Å². The Kier molecular flexibility index (Phi) is 4.81. The van der Waals surface area contributed by atoms with Crippen molar-refractivity contribution in [2.75, 3.05) is 0 Å². The van der Waals surface area contributed by atoms with E-state index >= 15 is 0 Å². The van der Waals surface area contributed by atoms with Crippen LogP contribution in [0.4, 0.5) is 4.39 Å². The van der Waals surface area contributed by atoms with Crippen LogP contribution in [0.25, 0.3) is 0 Å². The largest absolute Gasteiger partial charge is 0.207 e. The zero-order valence-corrected chi connectivity index (χ0v) is 12.2. The predicted molar refractivity (Wildman–Crippen MR) is 71.9 cm³/mol. The maximum Gasteiger partial charge on any atom is 0.123 e. The smallest absolute Gasteiger partial charge is 0.123 e. The SMILES string of the molecule is CC(Br)CC(C)(C)Cc1cc(F)ccc1Cl. The molecule has 3 heteroatoms. The number of hydrogen-bond acceptors (Lipinski definition) is 0. The molecule has 1 aromatic rings. The van der Waals surface area contributed by atoms with E-state index in [2.05, 4.69) is 36.7 Å².